The zero-order valence-corrected chi connectivity index (χ0v) is 7.49. The molecule has 0 bridgehead atoms. The van der Waals surface area contributed by atoms with Crippen LogP contribution in [0.2, 0.25) is 0 Å². The van der Waals surface area contributed by atoms with Gasteiger partial charge in [0.05, 0.1) is 6.61 Å². The van der Waals surface area contributed by atoms with Crippen LogP contribution in [-0.4, -0.2) is 28.2 Å². The molecular weight excluding hydrogens is 192 g/mol. The number of ether oxygens (including phenoxy) is 1. The van der Waals surface area contributed by atoms with Gasteiger partial charge in [0, 0.05) is 25.4 Å². The number of imidazole rings is 1. The topological polar surface area (TPSA) is 53.1 Å². The summed E-state index contributed by atoms with van der Waals surface area (Å²) in [4.78, 5) is 3.80. The average Bonchev–Trinajstić information content (AvgIpc) is 2.53. The van der Waals surface area contributed by atoms with Crippen molar-refractivity contribution in [3.8, 4) is 0 Å². The molecule has 1 aromatic rings. The largest absolute Gasteiger partial charge is 0.370 e. The van der Waals surface area contributed by atoms with Gasteiger partial charge < -0.3 is 15.0 Å². The number of anilines is 1. The average molecular weight is 203 g/mol. The second-order valence-electron chi connectivity index (χ2n) is 3.30. The summed E-state index contributed by atoms with van der Waals surface area (Å²) in [7, 11) is 0. The first kappa shape index (κ1) is 9.39. The summed E-state index contributed by atoms with van der Waals surface area (Å²) in [6.45, 7) is 0.694. The van der Waals surface area contributed by atoms with Crippen molar-refractivity contribution in [3.05, 3.63) is 12.4 Å². The Bertz CT molecular complexity index is 326. The lowest BCUT2D eigenvalue weighted by molar-refractivity contribution is 0.0108. The first-order chi connectivity index (χ1) is 6.59. The number of hydrogen-bond acceptors (Lipinski definition) is 3. The third kappa shape index (κ3) is 1.84. The minimum atomic E-state index is -2.61. The van der Waals surface area contributed by atoms with E-state index in [0.29, 0.717) is 12.5 Å². The fraction of sp³-hybridized carbons (Fsp3) is 0.625. The second kappa shape index (κ2) is 3.20. The van der Waals surface area contributed by atoms with Crippen LogP contribution in [0, 0.1) is 0 Å². The predicted octanol–water partition coefficient (Wildman–Crippen LogP) is 0.889. The highest BCUT2D eigenvalue weighted by Gasteiger charge is 2.58. The molecule has 0 aliphatic heterocycles. The van der Waals surface area contributed by atoms with Crippen molar-refractivity contribution in [1.29, 1.82) is 0 Å². The van der Waals surface area contributed by atoms with E-state index < -0.39 is 12.0 Å². The van der Waals surface area contributed by atoms with Crippen LogP contribution in [0.3, 0.4) is 0 Å². The maximum absolute atomic E-state index is 12.4. The minimum Gasteiger partial charge on any atom is -0.370 e. The van der Waals surface area contributed by atoms with Gasteiger partial charge in [-0.2, -0.15) is 0 Å². The Kier molecular flexibility index (Phi) is 2.14. The normalized spacial score (nSPS) is 23.7. The van der Waals surface area contributed by atoms with Gasteiger partial charge in [-0.15, -0.1) is 0 Å². The third-order valence-corrected chi connectivity index (χ3v) is 2.17. The molecule has 1 aliphatic rings. The molecule has 1 aliphatic carbocycles. The Labute approximate surface area is 79.7 Å². The molecule has 2 N–H and O–H groups in total. The summed E-state index contributed by atoms with van der Waals surface area (Å²) in [6, 6.07) is 0. The van der Waals surface area contributed by atoms with Crippen LogP contribution in [0.4, 0.5) is 14.7 Å². The van der Waals surface area contributed by atoms with Crippen molar-refractivity contribution < 1.29 is 13.5 Å². The van der Waals surface area contributed by atoms with Crippen LogP contribution in [0.15, 0.2) is 12.4 Å². The molecule has 1 fully saturated rings. The number of nitrogens with zero attached hydrogens (tertiary/aromatic N) is 2. The fourth-order valence-electron chi connectivity index (χ4n) is 1.19. The molecule has 6 heteroatoms. The van der Waals surface area contributed by atoms with E-state index in [4.69, 9.17) is 10.5 Å². The number of aromatic nitrogens is 2. The van der Waals surface area contributed by atoms with Crippen LogP contribution in [0.25, 0.3) is 0 Å². The molecule has 0 aromatic carbocycles. The van der Waals surface area contributed by atoms with E-state index in [1.165, 1.54) is 0 Å². The van der Waals surface area contributed by atoms with Gasteiger partial charge >= 0.3 is 0 Å². The Balaban J connectivity index is 1.72. The van der Waals surface area contributed by atoms with E-state index in [1.54, 1.807) is 17.0 Å². The van der Waals surface area contributed by atoms with Crippen molar-refractivity contribution in [3.63, 3.8) is 0 Å². The number of halogens is 2. The Hall–Kier alpha value is -1.17. The van der Waals surface area contributed by atoms with Gasteiger partial charge in [-0.3, -0.25) is 0 Å². The molecule has 1 saturated carbocycles. The molecular formula is C8H11F2N3O. The van der Waals surface area contributed by atoms with Crippen molar-refractivity contribution in [2.45, 2.75) is 25.0 Å². The van der Waals surface area contributed by atoms with Gasteiger partial charge in [0.15, 0.2) is 5.95 Å². The van der Waals surface area contributed by atoms with Crippen LogP contribution < -0.4 is 5.73 Å². The first-order valence-corrected chi connectivity index (χ1v) is 4.35. The fourth-order valence-corrected chi connectivity index (χ4v) is 1.19. The van der Waals surface area contributed by atoms with Gasteiger partial charge in [0.1, 0.15) is 6.10 Å². The summed E-state index contributed by atoms with van der Waals surface area (Å²) in [5.74, 6) is -2.24. The molecule has 0 amide bonds. The lowest BCUT2D eigenvalue weighted by Gasteiger charge is -2.05. The minimum absolute atomic E-state index is 0.160. The first-order valence-electron chi connectivity index (χ1n) is 4.35. The summed E-state index contributed by atoms with van der Waals surface area (Å²) in [5, 5.41) is 0. The monoisotopic (exact) mass is 203 g/mol. The van der Waals surface area contributed by atoms with E-state index in [1.807, 2.05) is 0 Å². The van der Waals surface area contributed by atoms with Gasteiger partial charge in [-0.1, -0.05) is 0 Å². The van der Waals surface area contributed by atoms with E-state index in [2.05, 4.69) is 4.98 Å². The Morgan fingerprint density at radius 3 is 2.93 bits per heavy atom. The summed E-state index contributed by atoms with van der Waals surface area (Å²) in [5.41, 5.74) is 5.47. The van der Waals surface area contributed by atoms with Crippen LogP contribution in [-0.2, 0) is 11.3 Å². The van der Waals surface area contributed by atoms with E-state index >= 15 is 0 Å². The molecule has 14 heavy (non-hydrogen) atoms. The zero-order chi connectivity index (χ0) is 10.2. The maximum Gasteiger partial charge on any atom is 0.276 e. The summed E-state index contributed by atoms with van der Waals surface area (Å²) in [6.07, 6.45) is 2.18. The number of hydrogen-bond donors (Lipinski definition) is 1. The van der Waals surface area contributed by atoms with Crippen LogP contribution in [0.5, 0.6) is 0 Å². The standard InChI is InChI=1S/C8H11F2N3O/c9-8(10)5-6(8)14-4-3-13-2-1-12-7(13)11/h1-2,6H,3-5H2,(H2,11,12). The van der Waals surface area contributed by atoms with Crippen molar-refractivity contribution in [2.24, 2.45) is 0 Å². The summed E-state index contributed by atoms with van der Waals surface area (Å²) >= 11 is 0. The molecule has 2 rings (SSSR count). The van der Waals surface area contributed by atoms with Crippen molar-refractivity contribution >= 4 is 5.95 Å². The highest BCUT2D eigenvalue weighted by molar-refractivity contribution is 5.16. The second-order valence-corrected chi connectivity index (χ2v) is 3.30. The molecule has 1 aromatic heterocycles. The van der Waals surface area contributed by atoms with E-state index in [-0.39, 0.29) is 13.0 Å². The van der Waals surface area contributed by atoms with Gasteiger partial charge in [0.2, 0.25) is 0 Å². The highest BCUT2D eigenvalue weighted by Crippen LogP contribution is 2.44. The molecule has 0 spiro atoms. The number of nitrogen functional groups attached to an aromatic ring is 1. The van der Waals surface area contributed by atoms with Crippen molar-refractivity contribution in [2.75, 3.05) is 12.3 Å². The predicted molar refractivity (Wildman–Crippen MR) is 45.9 cm³/mol. The highest BCUT2D eigenvalue weighted by atomic mass is 19.3. The van der Waals surface area contributed by atoms with Crippen LogP contribution >= 0.6 is 0 Å². The summed E-state index contributed by atoms with van der Waals surface area (Å²) < 4.78 is 31.3. The molecule has 1 heterocycles. The van der Waals surface area contributed by atoms with Gasteiger partial charge in [-0.05, 0) is 0 Å². The number of alkyl halides is 2. The van der Waals surface area contributed by atoms with Crippen molar-refractivity contribution in [1.82, 2.24) is 9.55 Å². The number of rotatable bonds is 4. The van der Waals surface area contributed by atoms with Gasteiger partial charge in [-0.25, -0.2) is 13.8 Å². The molecule has 0 radical (unpaired) electrons. The Morgan fingerprint density at radius 2 is 2.43 bits per heavy atom. The smallest absolute Gasteiger partial charge is 0.276 e. The van der Waals surface area contributed by atoms with E-state index in [9.17, 15) is 8.78 Å². The zero-order valence-electron chi connectivity index (χ0n) is 7.49. The molecule has 4 nitrogen and oxygen atoms in total. The lowest BCUT2D eigenvalue weighted by Crippen LogP contribution is -2.11. The molecule has 1 unspecified atom stereocenters. The van der Waals surface area contributed by atoms with Gasteiger partial charge in [0.25, 0.3) is 5.92 Å². The molecule has 0 saturated heterocycles. The number of nitrogens with two attached hydrogens (primary N) is 1. The molecule has 78 valence electrons. The third-order valence-electron chi connectivity index (χ3n) is 2.17. The SMILES string of the molecule is Nc1nccn1CCOC1CC1(F)F. The Morgan fingerprint density at radius 1 is 1.71 bits per heavy atom. The molecule has 1 atom stereocenters. The maximum atomic E-state index is 12.4. The van der Waals surface area contributed by atoms with E-state index in [0.717, 1.165) is 0 Å². The quantitative estimate of drug-likeness (QED) is 0.790. The van der Waals surface area contributed by atoms with Crippen LogP contribution in [0.1, 0.15) is 6.42 Å². The lowest BCUT2D eigenvalue weighted by atomic mass is 10.6.